The van der Waals surface area contributed by atoms with Gasteiger partial charge in [0.25, 0.3) is 0 Å². The lowest BCUT2D eigenvalue weighted by atomic mass is 9.88. The molecule has 0 bridgehead atoms. The Kier molecular flexibility index (Phi) is 3.41. The molecule has 0 amide bonds. The van der Waals surface area contributed by atoms with E-state index in [2.05, 4.69) is 49.7 Å². The molecular formula is C15H24N2. The molecule has 1 aromatic heterocycles. The maximum atomic E-state index is 4.62. The van der Waals surface area contributed by atoms with Crippen LogP contribution in [0, 0.1) is 5.92 Å². The van der Waals surface area contributed by atoms with E-state index in [1.54, 1.807) is 0 Å². The molecule has 2 nitrogen and oxygen atoms in total. The fraction of sp³-hybridized carbons (Fsp3) is 0.667. The molecule has 0 radical (unpaired) electrons. The summed E-state index contributed by atoms with van der Waals surface area (Å²) in [7, 11) is 0. The van der Waals surface area contributed by atoms with Crippen molar-refractivity contribution in [3.8, 4) is 0 Å². The maximum absolute atomic E-state index is 4.62. The van der Waals surface area contributed by atoms with Crippen molar-refractivity contribution in [3.05, 3.63) is 23.9 Å². The first kappa shape index (κ1) is 12.4. The molecule has 1 saturated heterocycles. The van der Waals surface area contributed by atoms with Gasteiger partial charge < -0.3 is 4.90 Å². The number of anilines is 1. The lowest BCUT2D eigenvalue weighted by Crippen LogP contribution is -2.33. The Morgan fingerprint density at radius 3 is 2.29 bits per heavy atom. The predicted molar refractivity (Wildman–Crippen MR) is 73.5 cm³/mol. The van der Waals surface area contributed by atoms with Gasteiger partial charge in [0, 0.05) is 19.3 Å². The van der Waals surface area contributed by atoms with Crippen molar-refractivity contribution in [2.45, 2.75) is 46.0 Å². The van der Waals surface area contributed by atoms with E-state index in [1.165, 1.54) is 18.4 Å². The summed E-state index contributed by atoms with van der Waals surface area (Å²) in [6, 6.07) is 4.40. The van der Waals surface area contributed by atoms with Gasteiger partial charge in [0.15, 0.2) is 0 Å². The van der Waals surface area contributed by atoms with E-state index in [0.29, 0.717) is 0 Å². The minimum Gasteiger partial charge on any atom is -0.357 e. The summed E-state index contributed by atoms with van der Waals surface area (Å²) in [6.45, 7) is 11.3. The first-order valence-corrected chi connectivity index (χ1v) is 6.68. The number of hydrogen-bond acceptors (Lipinski definition) is 2. The van der Waals surface area contributed by atoms with Gasteiger partial charge in [0.05, 0.1) is 0 Å². The highest BCUT2D eigenvalue weighted by molar-refractivity contribution is 5.40. The molecule has 0 aromatic carbocycles. The summed E-state index contributed by atoms with van der Waals surface area (Å²) in [4.78, 5) is 7.03. The summed E-state index contributed by atoms with van der Waals surface area (Å²) in [5, 5.41) is 0. The summed E-state index contributed by atoms with van der Waals surface area (Å²) in [5.74, 6) is 2.02. The molecule has 0 saturated carbocycles. The predicted octanol–water partition coefficient (Wildman–Crippen LogP) is 3.62. The van der Waals surface area contributed by atoms with Gasteiger partial charge in [-0.3, -0.25) is 0 Å². The fourth-order valence-electron chi connectivity index (χ4n) is 2.25. The van der Waals surface area contributed by atoms with Crippen molar-refractivity contribution in [2.75, 3.05) is 18.0 Å². The molecule has 0 spiro atoms. The van der Waals surface area contributed by atoms with Gasteiger partial charge in [-0.15, -0.1) is 0 Å². The molecule has 1 aliphatic heterocycles. The van der Waals surface area contributed by atoms with Crippen molar-refractivity contribution in [1.29, 1.82) is 0 Å². The SMILES string of the molecule is CC1CCN(c2ccc(C(C)(C)C)cn2)CC1. The zero-order chi connectivity index (χ0) is 12.5. The Balaban J connectivity index is 2.08. The van der Waals surface area contributed by atoms with Gasteiger partial charge in [0.1, 0.15) is 5.82 Å². The summed E-state index contributed by atoms with van der Waals surface area (Å²) in [5.41, 5.74) is 1.51. The third-order valence-electron chi connectivity index (χ3n) is 3.72. The third kappa shape index (κ3) is 2.99. The number of piperidine rings is 1. The Morgan fingerprint density at radius 2 is 1.82 bits per heavy atom. The number of hydrogen-bond donors (Lipinski definition) is 0. The van der Waals surface area contributed by atoms with Crippen LogP contribution in [-0.4, -0.2) is 18.1 Å². The highest BCUT2D eigenvalue weighted by Crippen LogP contribution is 2.25. The van der Waals surface area contributed by atoms with Crippen molar-refractivity contribution in [2.24, 2.45) is 5.92 Å². The van der Waals surface area contributed by atoms with Crippen molar-refractivity contribution >= 4 is 5.82 Å². The minimum atomic E-state index is 0.196. The fourth-order valence-corrected chi connectivity index (χ4v) is 2.25. The smallest absolute Gasteiger partial charge is 0.128 e. The maximum Gasteiger partial charge on any atom is 0.128 e. The van der Waals surface area contributed by atoms with Crippen LogP contribution in [0.4, 0.5) is 5.82 Å². The first-order chi connectivity index (χ1) is 7.97. The number of rotatable bonds is 1. The molecule has 2 heteroatoms. The Hall–Kier alpha value is -1.05. The van der Waals surface area contributed by atoms with Crippen LogP contribution in [0.15, 0.2) is 18.3 Å². The van der Waals surface area contributed by atoms with Gasteiger partial charge >= 0.3 is 0 Å². The summed E-state index contributed by atoms with van der Waals surface area (Å²) >= 11 is 0. The minimum absolute atomic E-state index is 0.196. The Morgan fingerprint density at radius 1 is 1.18 bits per heavy atom. The molecule has 94 valence electrons. The monoisotopic (exact) mass is 232 g/mol. The van der Waals surface area contributed by atoms with Crippen molar-refractivity contribution < 1.29 is 0 Å². The molecule has 0 unspecified atom stereocenters. The second-order valence-corrected chi connectivity index (χ2v) is 6.32. The van der Waals surface area contributed by atoms with Crippen LogP contribution in [0.25, 0.3) is 0 Å². The second-order valence-electron chi connectivity index (χ2n) is 6.32. The van der Waals surface area contributed by atoms with Crippen LogP contribution in [-0.2, 0) is 5.41 Å². The normalized spacial score (nSPS) is 18.5. The van der Waals surface area contributed by atoms with Crippen LogP contribution >= 0.6 is 0 Å². The zero-order valence-corrected chi connectivity index (χ0v) is 11.5. The van der Waals surface area contributed by atoms with Gasteiger partial charge in [-0.05, 0) is 35.8 Å². The lowest BCUT2D eigenvalue weighted by Gasteiger charge is -2.31. The molecule has 17 heavy (non-hydrogen) atoms. The van der Waals surface area contributed by atoms with Crippen LogP contribution in [0.1, 0.15) is 46.1 Å². The molecule has 0 atom stereocenters. The number of pyridine rings is 1. The highest BCUT2D eigenvalue weighted by atomic mass is 15.2. The number of nitrogens with zero attached hydrogens (tertiary/aromatic N) is 2. The van der Waals surface area contributed by atoms with Crippen LogP contribution in [0.3, 0.4) is 0 Å². The summed E-state index contributed by atoms with van der Waals surface area (Å²) < 4.78 is 0. The van der Waals surface area contributed by atoms with E-state index in [0.717, 1.165) is 24.8 Å². The molecule has 1 fully saturated rings. The first-order valence-electron chi connectivity index (χ1n) is 6.68. The largest absolute Gasteiger partial charge is 0.357 e. The van der Waals surface area contributed by atoms with E-state index in [4.69, 9.17) is 0 Å². The molecule has 1 aromatic rings. The van der Waals surface area contributed by atoms with E-state index in [9.17, 15) is 0 Å². The Bertz CT molecular complexity index is 354. The molecule has 2 heterocycles. The van der Waals surface area contributed by atoms with Gasteiger partial charge in [-0.1, -0.05) is 33.8 Å². The molecule has 0 aliphatic carbocycles. The van der Waals surface area contributed by atoms with Gasteiger partial charge in [-0.25, -0.2) is 4.98 Å². The molecule has 0 N–H and O–H groups in total. The van der Waals surface area contributed by atoms with Crippen LogP contribution < -0.4 is 4.90 Å². The van der Waals surface area contributed by atoms with E-state index in [-0.39, 0.29) is 5.41 Å². The lowest BCUT2D eigenvalue weighted by molar-refractivity contribution is 0.436. The van der Waals surface area contributed by atoms with E-state index < -0.39 is 0 Å². The molecular weight excluding hydrogens is 208 g/mol. The van der Waals surface area contributed by atoms with E-state index >= 15 is 0 Å². The highest BCUT2D eigenvalue weighted by Gasteiger charge is 2.18. The average Bonchev–Trinajstić information content (AvgIpc) is 2.29. The van der Waals surface area contributed by atoms with Crippen molar-refractivity contribution in [1.82, 2.24) is 4.98 Å². The van der Waals surface area contributed by atoms with Gasteiger partial charge in [0.2, 0.25) is 0 Å². The van der Waals surface area contributed by atoms with Gasteiger partial charge in [-0.2, -0.15) is 0 Å². The van der Waals surface area contributed by atoms with Crippen LogP contribution in [0.2, 0.25) is 0 Å². The van der Waals surface area contributed by atoms with E-state index in [1.807, 2.05) is 6.20 Å². The second kappa shape index (κ2) is 4.67. The third-order valence-corrected chi connectivity index (χ3v) is 3.72. The van der Waals surface area contributed by atoms with Crippen molar-refractivity contribution in [3.63, 3.8) is 0 Å². The van der Waals surface area contributed by atoms with Crippen LogP contribution in [0.5, 0.6) is 0 Å². The Labute approximate surface area is 105 Å². The molecule has 1 aliphatic rings. The zero-order valence-electron chi connectivity index (χ0n) is 11.5. The number of aromatic nitrogens is 1. The standard InChI is InChI=1S/C15H24N2/c1-12-7-9-17(10-8-12)14-6-5-13(11-16-14)15(2,3)4/h5-6,11-12H,7-10H2,1-4H3. The quantitative estimate of drug-likeness (QED) is 0.735. The molecule has 2 rings (SSSR count). The summed E-state index contributed by atoms with van der Waals surface area (Å²) in [6.07, 6.45) is 4.62. The topological polar surface area (TPSA) is 16.1 Å². The average molecular weight is 232 g/mol.